The third-order valence-corrected chi connectivity index (χ3v) is 2.49. The van der Waals surface area contributed by atoms with Crippen LogP contribution in [0.1, 0.15) is 0 Å². The molecule has 0 atom stereocenters. The van der Waals surface area contributed by atoms with Gasteiger partial charge in [-0.15, -0.1) is 0 Å². The number of anilines is 1. The highest BCUT2D eigenvalue weighted by Gasteiger charge is 2.07. The zero-order valence-corrected chi connectivity index (χ0v) is 9.94. The van der Waals surface area contributed by atoms with Crippen molar-refractivity contribution in [2.75, 3.05) is 19.0 Å². The van der Waals surface area contributed by atoms with E-state index in [9.17, 15) is 0 Å². The molecule has 3 nitrogen and oxygen atoms in total. The van der Waals surface area contributed by atoms with Gasteiger partial charge in [-0.25, -0.2) is 0 Å². The number of aromatic nitrogens is 2. The summed E-state index contributed by atoms with van der Waals surface area (Å²) in [6.07, 6.45) is 1.53. The Hall–Kier alpha value is -1.61. The molecule has 0 saturated heterocycles. The molecule has 16 heavy (non-hydrogen) atoms. The molecule has 0 unspecified atom stereocenters. The molecule has 0 spiro atoms. The summed E-state index contributed by atoms with van der Waals surface area (Å²) in [6, 6.07) is 9.84. The normalized spacial score (nSPS) is 10.2. The number of hydrogen-bond acceptors (Lipinski definition) is 3. The van der Waals surface area contributed by atoms with Crippen molar-refractivity contribution in [3.8, 4) is 11.3 Å². The Kier molecular flexibility index (Phi) is 3.06. The molecule has 2 rings (SSSR count). The Morgan fingerprint density at radius 3 is 2.62 bits per heavy atom. The monoisotopic (exact) mass is 233 g/mol. The van der Waals surface area contributed by atoms with Crippen molar-refractivity contribution in [3.63, 3.8) is 0 Å². The zero-order valence-electron chi connectivity index (χ0n) is 9.18. The minimum absolute atomic E-state index is 0.596. The van der Waals surface area contributed by atoms with Crippen LogP contribution in [0.15, 0.2) is 36.5 Å². The fraction of sp³-hybridized carbons (Fsp3) is 0.167. The van der Waals surface area contributed by atoms with Gasteiger partial charge in [0, 0.05) is 25.3 Å². The van der Waals surface area contributed by atoms with Crippen LogP contribution in [0.2, 0.25) is 5.02 Å². The van der Waals surface area contributed by atoms with E-state index in [1.807, 2.05) is 49.3 Å². The number of rotatable bonds is 2. The minimum atomic E-state index is 0.596. The maximum atomic E-state index is 5.91. The van der Waals surface area contributed by atoms with Crippen molar-refractivity contribution in [2.24, 2.45) is 0 Å². The van der Waals surface area contributed by atoms with Gasteiger partial charge in [0.25, 0.3) is 0 Å². The van der Waals surface area contributed by atoms with Crippen LogP contribution in [-0.4, -0.2) is 24.3 Å². The van der Waals surface area contributed by atoms with E-state index in [-0.39, 0.29) is 0 Å². The molecule has 0 bridgehead atoms. The lowest BCUT2D eigenvalue weighted by Crippen LogP contribution is -2.10. The first-order chi connectivity index (χ1) is 7.68. The molecule has 0 saturated carbocycles. The highest BCUT2D eigenvalue weighted by Crippen LogP contribution is 2.28. The number of para-hydroxylation sites is 1. The van der Waals surface area contributed by atoms with Crippen molar-refractivity contribution in [1.29, 1.82) is 0 Å². The van der Waals surface area contributed by atoms with Crippen LogP contribution in [0.25, 0.3) is 11.3 Å². The molecule has 1 aromatic carbocycles. The van der Waals surface area contributed by atoms with Gasteiger partial charge in [-0.05, 0) is 12.1 Å². The van der Waals surface area contributed by atoms with Gasteiger partial charge in [0.2, 0.25) is 0 Å². The summed E-state index contributed by atoms with van der Waals surface area (Å²) in [5, 5.41) is 8.55. The third kappa shape index (κ3) is 2.14. The third-order valence-electron chi connectivity index (χ3n) is 2.28. The van der Waals surface area contributed by atoms with E-state index in [1.165, 1.54) is 6.20 Å². The SMILES string of the molecule is CN(C)c1ccccc1-c1cc(Cl)cnn1. The molecular weight excluding hydrogens is 222 g/mol. The van der Waals surface area contributed by atoms with Crippen molar-refractivity contribution in [1.82, 2.24) is 10.2 Å². The van der Waals surface area contributed by atoms with E-state index in [0.717, 1.165) is 16.9 Å². The second-order valence-electron chi connectivity index (χ2n) is 3.67. The maximum absolute atomic E-state index is 5.91. The van der Waals surface area contributed by atoms with Crippen LogP contribution in [0, 0.1) is 0 Å². The Balaban J connectivity index is 2.55. The molecule has 2 aromatic rings. The number of hydrogen-bond donors (Lipinski definition) is 0. The molecule has 0 amide bonds. The van der Waals surface area contributed by atoms with Crippen molar-refractivity contribution < 1.29 is 0 Å². The number of benzene rings is 1. The van der Waals surface area contributed by atoms with Crippen LogP contribution in [0.3, 0.4) is 0 Å². The molecule has 0 radical (unpaired) electrons. The topological polar surface area (TPSA) is 29.0 Å². The van der Waals surface area contributed by atoms with E-state index in [0.29, 0.717) is 5.02 Å². The number of halogens is 1. The second-order valence-corrected chi connectivity index (χ2v) is 4.11. The lowest BCUT2D eigenvalue weighted by molar-refractivity contribution is 1.03. The summed E-state index contributed by atoms with van der Waals surface area (Å²) in [5.41, 5.74) is 2.92. The molecule has 0 aliphatic rings. The summed E-state index contributed by atoms with van der Waals surface area (Å²) in [5.74, 6) is 0. The zero-order chi connectivity index (χ0) is 11.5. The van der Waals surface area contributed by atoms with Gasteiger partial charge in [0.15, 0.2) is 0 Å². The van der Waals surface area contributed by atoms with Gasteiger partial charge in [-0.3, -0.25) is 0 Å². The van der Waals surface area contributed by atoms with Gasteiger partial charge >= 0.3 is 0 Å². The minimum Gasteiger partial charge on any atom is -0.377 e. The molecule has 1 aromatic heterocycles. The van der Waals surface area contributed by atoms with Gasteiger partial charge in [-0.1, -0.05) is 29.8 Å². The first-order valence-corrected chi connectivity index (χ1v) is 5.31. The average molecular weight is 234 g/mol. The van der Waals surface area contributed by atoms with Crippen molar-refractivity contribution >= 4 is 17.3 Å². The van der Waals surface area contributed by atoms with Gasteiger partial charge < -0.3 is 4.90 Å². The molecular formula is C12H12ClN3. The van der Waals surface area contributed by atoms with E-state index >= 15 is 0 Å². The second kappa shape index (κ2) is 4.49. The van der Waals surface area contributed by atoms with Gasteiger partial charge in [0.1, 0.15) is 0 Å². The highest BCUT2D eigenvalue weighted by molar-refractivity contribution is 6.30. The Morgan fingerprint density at radius 2 is 1.94 bits per heavy atom. The lowest BCUT2D eigenvalue weighted by Gasteiger charge is -2.16. The Labute approximate surface area is 99.7 Å². The van der Waals surface area contributed by atoms with Crippen LogP contribution in [0.4, 0.5) is 5.69 Å². The van der Waals surface area contributed by atoms with Crippen LogP contribution in [0.5, 0.6) is 0 Å². The summed E-state index contributed by atoms with van der Waals surface area (Å²) in [4.78, 5) is 2.04. The van der Waals surface area contributed by atoms with Gasteiger partial charge in [0.05, 0.1) is 16.9 Å². The summed E-state index contributed by atoms with van der Waals surface area (Å²) < 4.78 is 0. The molecule has 82 valence electrons. The fourth-order valence-corrected chi connectivity index (χ4v) is 1.70. The lowest BCUT2D eigenvalue weighted by atomic mass is 10.1. The first-order valence-electron chi connectivity index (χ1n) is 4.93. The van der Waals surface area contributed by atoms with Crippen molar-refractivity contribution in [3.05, 3.63) is 41.6 Å². The summed E-state index contributed by atoms with van der Waals surface area (Å²) >= 11 is 5.91. The van der Waals surface area contributed by atoms with E-state index in [2.05, 4.69) is 10.2 Å². The summed E-state index contributed by atoms with van der Waals surface area (Å²) in [7, 11) is 3.99. The molecule has 0 fully saturated rings. The molecule has 0 N–H and O–H groups in total. The van der Waals surface area contributed by atoms with E-state index in [4.69, 9.17) is 11.6 Å². The van der Waals surface area contributed by atoms with Gasteiger partial charge in [-0.2, -0.15) is 10.2 Å². The molecule has 4 heteroatoms. The van der Waals surface area contributed by atoms with E-state index < -0.39 is 0 Å². The molecule has 0 aliphatic heterocycles. The first kappa shape index (κ1) is 10.9. The van der Waals surface area contributed by atoms with Crippen LogP contribution < -0.4 is 4.90 Å². The quantitative estimate of drug-likeness (QED) is 0.799. The maximum Gasteiger partial charge on any atom is 0.0965 e. The average Bonchev–Trinajstić information content (AvgIpc) is 2.29. The molecule has 0 aliphatic carbocycles. The fourth-order valence-electron chi connectivity index (χ4n) is 1.55. The Morgan fingerprint density at radius 1 is 1.19 bits per heavy atom. The smallest absolute Gasteiger partial charge is 0.0965 e. The largest absolute Gasteiger partial charge is 0.377 e. The predicted molar refractivity (Wildman–Crippen MR) is 66.8 cm³/mol. The predicted octanol–water partition coefficient (Wildman–Crippen LogP) is 2.86. The molecule has 1 heterocycles. The standard InChI is InChI=1S/C12H12ClN3/c1-16(2)12-6-4-3-5-10(12)11-7-9(13)8-14-15-11/h3-8H,1-2H3. The van der Waals surface area contributed by atoms with Crippen LogP contribution in [-0.2, 0) is 0 Å². The Bertz CT molecular complexity index is 497. The summed E-state index contributed by atoms with van der Waals surface area (Å²) in [6.45, 7) is 0. The van der Waals surface area contributed by atoms with Crippen molar-refractivity contribution in [2.45, 2.75) is 0 Å². The van der Waals surface area contributed by atoms with Crippen LogP contribution >= 0.6 is 11.6 Å². The van der Waals surface area contributed by atoms with E-state index in [1.54, 1.807) is 0 Å². The number of nitrogens with zero attached hydrogens (tertiary/aromatic N) is 3. The highest BCUT2D eigenvalue weighted by atomic mass is 35.5.